The highest BCUT2D eigenvalue weighted by atomic mass is 14.3. The Bertz CT molecular complexity index is 1140. The molecule has 2 aromatic carbocycles. The number of allylic oxidation sites excluding steroid dienone is 8. The predicted molar refractivity (Wildman–Crippen MR) is 145 cm³/mol. The summed E-state index contributed by atoms with van der Waals surface area (Å²) in [6, 6.07) is 18.5. The first kappa shape index (κ1) is 21.9. The lowest BCUT2D eigenvalue weighted by molar-refractivity contribution is 0.443. The van der Waals surface area contributed by atoms with Gasteiger partial charge >= 0.3 is 0 Å². The van der Waals surface area contributed by atoms with Gasteiger partial charge in [0.25, 0.3) is 0 Å². The summed E-state index contributed by atoms with van der Waals surface area (Å²) in [7, 11) is 0. The van der Waals surface area contributed by atoms with Gasteiger partial charge in [0.1, 0.15) is 0 Å². The zero-order valence-corrected chi connectivity index (χ0v) is 20.6. The van der Waals surface area contributed by atoms with E-state index in [1.165, 1.54) is 68.9 Å². The van der Waals surface area contributed by atoms with Gasteiger partial charge in [-0.05, 0) is 103 Å². The summed E-state index contributed by atoms with van der Waals surface area (Å²) in [5.74, 6) is 1.69. The van der Waals surface area contributed by atoms with Gasteiger partial charge in [-0.15, -0.1) is 0 Å². The molecule has 6 rings (SSSR count). The number of benzene rings is 2. The Labute approximate surface area is 206 Å². The van der Waals surface area contributed by atoms with E-state index in [1.54, 1.807) is 33.4 Å². The molecule has 4 aliphatic rings. The molecule has 0 nitrogen and oxygen atoms in total. The molecule has 0 radical (unpaired) electrons. The van der Waals surface area contributed by atoms with E-state index >= 15 is 0 Å². The van der Waals surface area contributed by atoms with Gasteiger partial charge in [0.2, 0.25) is 0 Å². The zero-order valence-electron chi connectivity index (χ0n) is 20.6. The van der Waals surface area contributed by atoms with Gasteiger partial charge in [-0.2, -0.15) is 0 Å². The van der Waals surface area contributed by atoms with Gasteiger partial charge < -0.3 is 0 Å². The fraction of sp³-hybridized carbons (Fsp3) is 0.412. The minimum absolute atomic E-state index is 0.777. The van der Waals surface area contributed by atoms with Gasteiger partial charge in [0.15, 0.2) is 0 Å². The van der Waals surface area contributed by atoms with Crippen LogP contribution in [0.1, 0.15) is 92.4 Å². The second-order valence-corrected chi connectivity index (χ2v) is 11.1. The van der Waals surface area contributed by atoms with Crippen LogP contribution in [0.25, 0.3) is 5.57 Å². The molecule has 0 amide bonds. The molecular formula is C34H38. The Balaban J connectivity index is 1.18. The normalized spacial score (nSPS) is 20.7. The summed E-state index contributed by atoms with van der Waals surface area (Å²) in [6.45, 7) is 0. The van der Waals surface area contributed by atoms with E-state index in [-0.39, 0.29) is 0 Å². The third-order valence-electron chi connectivity index (χ3n) is 8.42. The minimum atomic E-state index is 0.777. The van der Waals surface area contributed by atoms with E-state index in [2.05, 4.69) is 72.8 Å². The fourth-order valence-electron chi connectivity index (χ4n) is 6.30. The topological polar surface area (TPSA) is 0 Å². The molecule has 174 valence electrons. The first-order valence-corrected chi connectivity index (χ1v) is 13.8. The average Bonchev–Trinajstić information content (AvgIpc) is 3.44. The van der Waals surface area contributed by atoms with Crippen molar-refractivity contribution in [2.24, 2.45) is 5.92 Å². The smallest absolute Gasteiger partial charge is 0.00286 e. The SMILES string of the molecule is C1=C(Cc2cc(CCC3=CC(c4ccccc4)=CC3)cc(C3CCCCC3)c2)C=C(C2CC2)C1. The predicted octanol–water partition coefficient (Wildman–Crippen LogP) is 9.29. The Hall–Kier alpha value is -2.60. The highest BCUT2D eigenvalue weighted by Crippen LogP contribution is 2.41. The third-order valence-corrected chi connectivity index (χ3v) is 8.42. The van der Waals surface area contributed by atoms with Gasteiger partial charge in [0, 0.05) is 0 Å². The number of hydrogen-bond acceptors (Lipinski definition) is 0. The average molecular weight is 447 g/mol. The molecule has 0 bridgehead atoms. The van der Waals surface area contributed by atoms with Crippen molar-refractivity contribution in [3.63, 3.8) is 0 Å². The van der Waals surface area contributed by atoms with Crippen molar-refractivity contribution in [3.05, 3.63) is 112 Å². The maximum Gasteiger partial charge on any atom is -0.00286 e. The Morgan fingerprint density at radius 2 is 1.50 bits per heavy atom. The van der Waals surface area contributed by atoms with Gasteiger partial charge in [-0.3, -0.25) is 0 Å². The Morgan fingerprint density at radius 3 is 2.32 bits per heavy atom. The van der Waals surface area contributed by atoms with Crippen molar-refractivity contribution < 1.29 is 0 Å². The van der Waals surface area contributed by atoms with Crippen LogP contribution in [0.15, 0.2) is 89.6 Å². The van der Waals surface area contributed by atoms with Crippen molar-refractivity contribution in [1.82, 2.24) is 0 Å². The van der Waals surface area contributed by atoms with Gasteiger partial charge in [-0.1, -0.05) is 103 Å². The molecule has 0 heteroatoms. The monoisotopic (exact) mass is 446 g/mol. The zero-order chi connectivity index (χ0) is 22.7. The van der Waals surface area contributed by atoms with Crippen molar-refractivity contribution in [3.8, 4) is 0 Å². The highest BCUT2D eigenvalue weighted by Gasteiger charge is 2.27. The molecule has 0 saturated heterocycles. The van der Waals surface area contributed by atoms with Crippen LogP contribution in [0.3, 0.4) is 0 Å². The Kier molecular flexibility index (Phi) is 6.41. The van der Waals surface area contributed by atoms with Crippen LogP contribution in [0.5, 0.6) is 0 Å². The standard InChI is InChI=1S/C34H38/c1-3-7-29(8-4-1)32-15-13-25(21-32)11-12-26-19-28(20-27-14-16-33(22-27)31-17-18-31)24-34(23-26)30-9-5-2-6-10-30/h1,3-4,7-8,14-15,19,21-24,30-31H,2,5-6,9-13,16-18,20H2. The van der Waals surface area contributed by atoms with E-state index in [9.17, 15) is 0 Å². The molecular weight excluding hydrogens is 408 g/mol. The molecule has 0 unspecified atom stereocenters. The molecule has 4 aliphatic carbocycles. The van der Waals surface area contributed by atoms with E-state index < -0.39 is 0 Å². The molecule has 0 atom stereocenters. The van der Waals surface area contributed by atoms with E-state index in [0.717, 1.165) is 31.1 Å². The van der Waals surface area contributed by atoms with E-state index in [1.807, 2.05) is 0 Å². The molecule has 0 spiro atoms. The van der Waals surface area contributed by atoms with Crippen molar-refractivity contribution in [2.45, 2.75) is 83.0 Å². The summed E-state index contributed by atoms with van der Waals surface area (Å²) in [5, 5.41) is 0. The number of rotatable bonds is 8. The van der Waals surface area contributed by atoms with Crippen LogP contribution in [0, 0.1) is 5.92 Å². The first-order valence-electron chi connectivity index (χ1n) is 13.8. The summed E-state index contributed by atoms with van der Waals surface area (Å²) in [5.41, 5.74) is 12.3. The molecule has 2 saturated carbocycles. The van der Waals surface area contributed by atoms with Crippen LogP contribution in [0.4, 0.5) is 0 Å². The quantitative estimate of drug-likeness (QED) is 0.379. The van der Waals surface area contributed by atoms with Crippen LogP contribution in [-0.2, 0) is 12.8 Å². The lowest BCUT2D eigenvalue weighted by Gasteiger charge is -2.23. The van der Waals surface area contributed by atoms with Crippen molar-refractivity contribution >= 4 is 5.57 Å². The van der Waals surface area contributed by atoms with Gasteiger partial charge in [0.05, 0.1) is 0 Å². The molecule has 0 N–H and O–H groups in total. The van der Waals surface area contributed by atoms with Crippen molar-refractivity contribution in [1.29, 1.82) is 0 Å². The summed E-state index contributed by atoms with van der Waals surface area (Å²) >= 11 is 0. The molecule has 0 aromatic heterocycles. The van der Waals surface area contributed by atoms with Crippen LogP contribution in [-0.4, -0.2) is 0 Å². The molecule has 0 aliphatic heterocycles. The molecule has 2 aromatic rings. The first-order chi connectivity index (χ1) is 16.8. The van der Waals surface area contributed by atoms with Crippen LogP contribution >= 0.6 is 0 Å². The maximum absolute atomic E-state index is 2.56. The maximum atomic E-state index is 2.56. The van der Waals surface area contributed by atoms with Crippen LogP contribution < -0.4 is 0 Å². The van der Waals surface area contributed by atoms with Gasteiger partial charge in [-0.25, -0.2) is 0 Å². The van der Waals surface area contributed by atoms with Crippen molar-refractivity contribution in [2.75, 3.05) is 0 Å². The minimum Gasteiger partial charge on any atom is -0.0769 e. The summed E-state index contributed by atoms with van der Waals surface area (Å²) < 4.78 is 0. The largest absolute Gasteiger partial charge is 0.0769 e. The number of aryl methyl sites for hydroxylation is 1. The fourth-order valence-corrected chi connectivity index (χ4v) is 6.30. The van der Waals surface area contributed by atoms with E-state index in [0.29, 0.717) is 0 Å². The molecule has 34 heavy (non-hydrogen) atoms. The lowest BCUT2D eigenvalue weighted by Crippen LogP contribution is -2.06. The second kappa shape index (κ2) is 9.95. The molecule has 2 fully saturated rings. The van der Waals surface area contributed by atoms with E-state index in [4.69, 9.17) is 0 Å². The number of hydrogen-bond donors (Lipinski definition) is 0. The lowest BCUT2D eigenvalue weighted by atomic mass is 9.82. The van der Waals surface area contributed by atoms with Crippen LogP contribution in [0.2, 0.25) is 0 Å². The highest BCUT2D eigenvalue weighted by molar-refractivity contribution is 5.77. The Morgan fingerprint density at radius 1 is 0.676 bits per heavy atom. The third kappa shape index (κ3) is 5.22. The summed E-state index contributed by atoms with van der Waals surface area (Å²) in [6.07, 6.45) is 25.5. The molecule has 0 heterocycles. The second-order valence-electron chi connectivity index (χ2n) is 11.1. The summed E-state index contributed by atoms with van der Waals surface area (Å²) in [4.78, 5) is 0.